The Kier molecular flexibility index (Phi) is 2.13. The zero-order valence-corrected chi connectivity index (χ0v) is 9.27. The van der Waals surface area contributed by atoms with E-state index in [1.807, 2.05) is 11.6 Å². The molecule has 1 N–H and O–H groups in total. The number of aromatic nitrogens is 3. The highest BCUT2D eigenvalue weighted by Gasteiger charge is 2.10. The Morgan fingerprint density at radius 2 is 2.31 bits per heavy atom. The van der Waals surface area contributed by atoms with Crippen LogP contribution in [0.4, 0.5) is 5.69 Å². The lowest BCUT2D eigenvalue weighted by Crippen LogP contribution is -2.12. The van der Waals surface area contributed by atoms with Gasteiger partial charge in [-0.25, -0.2) is 9.67 Å². The van der Waals surface area contributed by atoms with Crippen molar-refractivity contribution in [2.24, 2.45) is 0 Å². The summed E-state index contributed by atoms with van der Waals surface area (Å²) in [5.74, 6) is 0.913. The van der Waals surface area contributed by atoms with Crippen LogP contribution < -0.4 is 5.32 Å². The quantitative estimate of drug-likeness (QED) is 0.788. The third-order valence-electron chi connectivity index (χ3n) is 2.99. The fraction of sp³-hybridized carbons (Fsp3) is 0.333. The first-order valence-corrected chi connectivity index (χ1v) is 5.58. The Labute approximate surface area is 94.3 Å². The number of hydrogen-bond donors (Lipinski definition) is 1. The predicted octanol–water partition coefficient (Wildman–Crippen LogP) is 1.93. The third kappa shape index (κ3) is 1.46. The highest BCUT2D eigenvalue weighted by atomic mass is 15.3. The van der Waals surface area contributed by atoms with Gasteiger partial charge in [-0.3, -0.25) is 0 Å². The van der Waals surface area contributed by atoms with Crippen molar-refractivity contribution in [1.29, 1.82) is 0 Å². The monoisotopic (exact) mass is 214 g/mol. The highest BCUT2D eigenvalue weighted by molar-refractivity contribution is 5.58. The van der Waals surface area contributed by atoms with E-state index in [0.717, 1.165) is 18.1 Å². The number of nitrogens with zero attached hydrogens (tertiary/aromatic N) is 3. The maximum absolute atomic E-state index is 4.21. The number of fused-ring (bicyclic) bond motifs is 1. The lowest BCUT2D eigenvalue weighted by atomic mass is 10.0. The summed E-state index contributed by atoms with van der Waals surface area (Å²) in [6.07, 6.45) is 3.97. The van der Waals surface area contributed by atoms with Crippen molar-refractivity contribution in [3.8, 4) is 5.69 Å². The fourth-order valence-electron chi connectivity index (χ4n) is 2.13. The van der Waals surface area contributed by atoms with Gasteiger partial charge in [0.05, 0.1) is 5.69 Å². The van der Waals surface area contributed by atoms with Crippen LogP contribution in [-0.2, 0) is 6.42 Å². The topological polar surface area (TPSA) is 42.7 Å². The van der Waals surface area contributed by atoms with Gasteiger partial charge in [-0.15, -0.1) is 0 Å². The Bertz CT molecular complexity index is 515. The van der Waals surface area contributed by atoms with E-state index in [1.165, 1.54) is 24.1 Å². The van der Waals surface area contributed by atoms with E-state index in [9.17, 15) is 0 Å². The molecule has 0 radical (unpaired) electrons. The molecule has 2 aromatic rings. The molecule has 1 aliphatic heterocycles. The summed E-state index contributed by atoms with van der Waals surface area (Å²) in [4.78, 5) is 4.14. The Balaban J connectivity index is 2.06. The molecule has 0 bridgehead atoms. The third-order valence-corrected chi connectivity index (χ3v) is 2.99. The van der Waals surface area contributed by atoms with Crippen LogP contribution in [-0.4, -0.2) is 21.3 Å². The van der Waals surface area contributed by atoms with Crippen LogP contribution in [0.2, 0.25) is 0 Å². The molecule has 16 heavy (non-hydrogen) atoms. The molecule has 2 heterocycles. The Morgan fingerprint density at radius 3 is 3.12 bits per heavy atom. The van der Waals surface area contributed by atoms with E-state index in [2.05, 4.69) is 33.6 Å². The second-order valence-corrected chi connectivity index (χ2v) is 4.09. The summed E-state index contributed by atoms with van der Waals surface area (Å²) in [5.41, 5.74) is 3.70. The zero-order valence-electron chi connectivity index (χ0n) is 9.27. The molecule has 0 spiro atoms. The van der Waals surface area contributed by atoms with Crippen molar-refractivity contribution in [2.75, 3.05) is 11.9 Å². The van der Waals surface area contributed by atoms with Gasteiger partial charge in [0.25, 0.3) is 0 Å². The summed E-state index contributed by atoms with van der Waals surface area (Å²) in [5, 5.41) is 7.64. The van der Waals surface area contributed by atoms with Crippen LogP contribution in [0.5, 0.6) is 0 Å². The molecule has 0 atom stereocenters. The van der Waals surface area contributed by atoms with E-state index < -0.39 is 0 Å². The van der Waals surface area contributed by atoms with Crippen molar-refractivity contribution >= 4 is 5.69 Å². The second-order valence-electron chi connectivity index (χ2n) is 4.09. The summed E-state index contributed by atoms with van der Waals surface area (Å²) in [7, 11) is 0. The standard InChI is InChI=1S/C12H14N4/c1-9-14-8-15-16(9)11-5-4-10-3-2-6-13-12(10)7-11/h4-5,7-8,13H,2-3,6H2,1H3. The average Bonchev–Trinajstić information content (AvgIpc) is 2.75. The van der Waals surface area contributed by atoms with Gasteiger partial charge in [0.2, 0.25) is 0 Å². The van der Waals surface area contributed by atoms with Gasteiger partial charge in [0.1, 0.15) is 12.2 Å². The van der Waals surface area contributed by atoms with Crippen molar-refractivity contribution < 1.29 is 0 Å². The fourth-order valence-corrected chi connectivity index (χ4v) is 2.13. The van der Waals surface area contributed by atoms with Gasteiger partial charge in [0, 0.05) is 12.2 Å². The van der Waals surface area contributed by atoms with Gasteiger partial charge in [-0.05, 0) is 37.5 Å². The highest BCUT2D eigenvalue weighted by Crippen LogP contribution is 2.24. The first-order valence-electron chi connectivity index (χ1n) is 5.58. The molecular formula is C12H14N4. The molecule has 0 amide bonds. The van der Waals surface area contributed by atoms with Crippen LogP contribution in [0.1, 0.15) is 17.8 Å². The van der Waals surface area contributed by atoms with Crippen molar-refractivity contribution in [3.05, 3.63) is 35.9 Å². The molecule has 1 aliphatic rings. The smallest absolute Gasteiger partial charge is 0.138 e. The molecule has 0 saturated carbocycles. The predicted molar refractivity (Wildman–Crippen MR) is 62.9 cm³/mol. The lowest BCUT2D eigenvalue weighted by molar-refractivity contribution is 0.816. The average molecular weight is 214 g/mol. The van der Waals surface area contributed by atoms with E-state index in [-0.39, 0.29) is 0 Å². The summed E-state index contributed by atoms with van der Waals surface area (Å²) in [6.45, 7) is 3.02. The van der Waals surface area contributed by atoms with Crippen LogP contribution >= 0.6 is 0 Å². The van der Waals surface area contributed by atoms with Crippen LogP contribution in [0.15, 0.2) is 24.5 Å². The number of rotatable bonds is 1. The van der Waals surface area contributed by atoms with Crippen LogP contribution in [0, 0.1) is 6.92 Å². The SMILES string of the molecule is Cc1ncnn1-c1ccc2c(c1)NCCC2. The summed E-state index contributed by atoms with van der Waals surface area (Å²) in [6, 6.07) is 6.43. The van der Waals surface area contributed by atoms with E-state index in [4.69, 9.17) is 0 Å². The number of anilines is 1. The summed E-state index contributed by atoms with van der Waals surface area (Å²) >= 11 is 0. The summed E-state index contributed by atoms with van der Waals surface area (Å²) < 4.78 is 1.86. The minimum atomic E-state index is 0.913. The number of hydrogen-bond acceptors (Lipinski definition) is 3. The molecule has 0 fully saturated rings. The van der Waals surface area contributed by atoms with Crippen molar-refractivity contribution in [3.63, 3.8) is 0 Å². The normalized spacial score (nSPS) is 14.3. The Hall–Kier alpha value is -1.84. The Morgan fingerprint density at radius 1 is 1.38 bits per heavy atom. The number of benzene rings is 1. The maximum Gasteiger partial charge on any atom is 0.138 e. The second kappa shape index (κ2) is 3.63. The van der Waals surface area contributed by atoms with Gasteiger partial charge >= 0.3 is 0 Å². The van der Waals surface area contributed by atoms with Gasteiger partial charge in [0.15, 0.2) is 0 Å². The van der Waals surface area contributed by atoms with E-state index >= 15 is 0 Å². The molecule has 1 aromatic heterocycles. The first kappa shape index (κ1) is 9.39. The molecule has 82 valence electrons. The molecule has 3 rings (SSSR count). The van der Waals surface area contributed by atoms with Crippen LogP contribution in [0.25, 0.3) is 5.69 Å². The lowest BCUT2D eigenvalue weighted by Gasteiger charge is -2.18. The molecule has 4 heteroatoms. The van der Waals surface area contributed by atoms with Gasteiger partial charge in [-0.2, -0.15) is 5.10 Å². The van der Waals surface area contributed by atoms with Crippen molar-refractivity contribution in [1.82, 2.24) is 14.8 Å². The largest absolute Gasteiger partial charge is 0.385 e. The number of aryl methyl sites for hydroxylation is 2. The van der Waals surface area contributed by atoms with Gasteiger partial charge in [-0.1, -0.05) is 6.07 Å². The molecule has 4 nitrogen and oxygen atoms in total. The maximum atomic E-state index is 4.21. The number of nitrogens with one attached hydrogen (secondary N) is 1. The molecule has 0 aliphatic carbocycles. The molecule has 1 aromatic carbocycles. The van der Waals surface area contributed by atoms with E-state index in [1.54, 1.807) is 6.33 Å². The van der Waals surface area contributed by atoms with Crippen LogP contribution in [0.3, 0.4) is 0 Å². The molecular weight excluding hydrogens is 200 g/mol. The first-order chi connectivity index (χ1) is 7.84. The zero-order chi connectivity index (χ0) is 11.0. The van der Waals surface area contributed by atoms with E-state index in [0.29, 0.717) is 0 Å². The van der Waals surface area contributed by atoms with Crippen molar-refractivity contribution in [2.45, 2.75) is 19.8 Å². The minimum absolute atomic E-state index is 0.913. The molecule has 0 saturated heterocycles. The molecule has 0 unspecified atom stereocenters. The van der Waals surface area contributed by atoms with Gasteiger partial charge < -0.3 is 5.32 Å². The minimum Gasteiger partial charge on any atom is -0.385 e.